The maximum absolute atomic E-state index is 4.61. The number of hydrogen-bond donors (Lipinski definition) is 1. The number of amidine groups is 1. The van der Waals surface area contributed by atoms with Crippen molar-refractivity contribution in [2.75, 3.05) is 20.1 Å². The highest BCUT2D eigenvalue weighted by atomic mass is 32.2. The average molecular weight is 319 g/mol. The van der Waals surface area contributed by atoms with Gasteiger partial charge in [-0.1, -0.05) is 36.1 Å². The number of fused-ring (bicyclic) bond motifs is 1. The Morgan fingerprint density at radius 1 is 1.30 bits per heavy atom. The van der Waals surface area contributed by atoms with E-state index in [1.165, 1.54) is 21.6 Å². The van der Waals surface area contributed by atoms with Crippen LogP contribution in [-0.2, 0) is 0 Å². The van der Waals surface area contributed by atoms with Crippen LogP contribution in [0.4, 0.5) is 0 Å². The Bertz CT molecular complexity index is 855. The van der Waals surface area contributed by atoms with Crippen LogP contribution < -0.4 is 0 Å². The zero-order valence-electron chi connectivity index (χ0n) is 12.9. The van der Waals surface area contributed by atoms with Gasteiger partial charge >= 0.3 is 0 Å². The van der Waals surface area contributed by atoms with Crippen molar-refractivity contribution >= 4 is 35.3 Å². The summed E-state index contributed by atoms with van der Waals surface area (Å²) in [4.78, 5) is 11.4. The van der Waals surface area contributed by atoms with Gasteiger partial charge < -0.3 is 9.88 Å². The Hall–Kier alpha value is -2.42. The number of aromatic amines is 1. The minimum Gasteiger partial charge on any atom is -0.360 e. The van der Waals surface area contributed by atoms with Crippen molar-refractivity contribution in [3.05, 3.63) is 69.4 Å². The molecular formula is C19H17N3S. The van der Waals surface area contributed by atoms with Gasteiger partial charge in [-0.2, -0.15) is 0 Å². The standard InChI is InChI=1S/C19H17N3S/c1-22-11-10-20-19(22)18-9-5-6-14(13-23-18)16-12-21-17-8-4-2-3-7-15(16)17/h2-3,5-9,12-13,21H,10-11H2,1H3. The molecular weight excluding hydrogens is 302 g/mol. The lowest BCUT2D eigenvalue weighted by molar-refractivity contribution is 0.558. The van der Waals surface area contributed by atoms with Crippen LogP contribution in [0.5, 0.6) is 0 Å². The maximum Gasteiger partial charge on any atom is 0.137 e. The molecule has 0 saturated heterocycles. The van der Waals surface area contributed by atoms with E-state index in [4.69, 9.17) is 0 Å². The number of H-pyrrole nitrogens is 1. The molecule has 4 rings (SSSR count). The second kappa shape index (κ2) is 5.99. The van der Waals surface area contributed by atoms with Crippen molar-refractivity contribution in [1.29, 1.82) is 0 Å². The normalized spacial score (nSPS) is 19.2. The highest BCUT2D eigenvalue weighted by molar-refractivity contribution is 8.06. The number of hydrogen-bond acceptors (Lipinski definition) is 3. The molecule has 23 heavy (non-hydrogen) atoms. The molecule has 3 heterocycles. The van der Waals surface area contributed by atoms with Gasteiger partial charge in [-0.3, -0.25) is 4.99 Å². The molecule has 0 radical (unpaired) electrons. The highest BCUT2D eigenvalue weighted by Gasteiger charge is 2.18. The molecule has 1 aromatic heterocycles. The van der Waals surface area contributed by atoms with Gasteiger partial charge in [0.2, 0.25) is 0 Å². The lowest BCUT2D eigenvalue weighted by Crippen LogP contribution is -2.23. The van der Waals surface area contributed by atoms with Gasteiger partial charge in [-0.15, -0.1) is 5.73 Å². The first-order chi connectivity index (χ1) is 11.3. The zero-order valence-corrected chi connectivity index (χ0v) is 13.7. The average Bonchev–Trinajstić information content (AvgIpc) is 2.97. The highest BCUT2D eigenvalue weighted by Crippen LogP contribution is 2.33. The third kappa shape index (κ3) is 2.67. The van der Waals surface area contributed by atoms with Crippen molar-refractivity contribution < 1.29 is 0 Å². The number of nitrogens with zero attached hydrogens (tertiary/aromatic N) is 2. The van der Waals surface area contributed by atoms with E-state index in [0.717, 1.165) is 24.6 Å². The summed E-state index contributed by atoms with van der Waals surface area (Å²) < 4.78 is 0. The van der Waals surface area contributed by atoms with Crippen LogP contribution in [0.3, 0.4) is 0 Å². The van der Waals surface area contributed by atoms with E-state index < -0.39 is 0 Å². The third-order valence-electron chi connectivity index (χ3n) is 4.06. The molecule has 0 bridgehead atoms. The number of thioether (sulfide) groups is 1. The fourth-order valence-electron chi connectivity index (χ4n) is 2.84. The summed E-state index contributed by atoms with van der Waals surface area (Å²) in [5.74, 6) is 1.09. The van der Waals surface area contributed by atoms with E-state index in [2.05, 4.69) is 63.6 Å². The van der Waals surface area contributed by atoms with Gasteiger partial charge in [0.25, 0.3) is 0 Å². The van der Waals surface area contributed by atoms with Crippen LogP contribution in [0, 0.1) is 0 Å². The maximum atomic E-state index is 4.61. The number of allylic oxidation sites excluding steroid dienone is 6. The Morgan fingerprint density at radius 2 is 2.26 bits per heavy atom. The van der Waals surface area contributed by atoms with E-state index in [0.29, 0.717) is 0 Å². The summed E-state index contributed by atoms with van der Waals surface area (Å²) in [6.45, 7) is 1.89. The lowest BCUT2D eigenvalue weighted by Gasteiger charge is -2.14. The molecule has 0 amide bonds. The number of nitrogens with one attached hydrogen (secondary N) is 1. The minimum atomic E-state index is 0.888. The second-order valence-corrected chi connectivity index (χ2v) is 6.49. The van der Waals surface area contributed by atoms with Crippen LogP contribution in [0.2, 0.25) is 0 Å². The largest absolute Gasteiger partial charge is 0.360 e. The predicted octanol–water partition coefficient (Wildman–Crippen LogP) is 4.08. The van der Waals surface area contributed by atoms with Crippen molar-refractivity contribution in [1.82, 2.24) is 9.88 Å². The van der Waals surface area contributed by atoms with Crippen molar-refractivity contribution in [3.63, 3.8) is 0 Å². The van der Waals surface area contributed by atoms with Gasteiger partial charge in [0, 0.05) is 37.0 Å². The molecule has 0 aromatic carbocycles. The summed E-state index contributed by atoms with van der Waals surface area (Å²) in [7, 11) is 2.10. The SMILES string of the molecule is CN1CCN=C1C1=CC=CC(c2c[nH]c3c2C=CC=C=C3)=CS1. The molecule has 0 unspecified atom stereocenters. The lowest BCUT2D eigenvalue weighted by atomic mass is 10.0. The molecule has 1 N–H and O–H groups in total. The third-order valence-corrected chi connectivity index (χ3v) is 5.01. The fraction of sp³-hybridized carbons (Fsp3) is 0.158. The first kappa shape index (κ1) is 14.2. The van der Waals surface area contributed by atoms with E-state index in [9.17, 15) is 0 Å². The molecule has 0 atom stereocenters. The fourth-order valence-corrected chi connectivity index (χ4v) is 3.79. The van der Waals surface area contributed by atoms with E-state index >= 15 is 0 Å². The zero-order chi connectivity index (χ0) is 15.6. The number of aromatic nitrogens is 1. The first-order valence-corrected chi connectivity index (χ1v) is 8.53. The topological polar surface area (TPSA) is 31.4 Å². The molecule has 0 saturated carbocycles. The van der Waals surface area contributed by atoms with Crippen molar-refractivity contribution in [2.24, 2.45) is 4.99 Å². The quantitative estimate of drug-likeness (QED) is 0.833. The van der Waals surface area contributed by atoms with Crippen LogP contribution in [-0.4, -0.2) is 35.9 Å². The molecule has 4 heteroatoms. The molecule has 0 spiro atoms. The van der Waals surface area contributed by atoms with E-state index in [-0.39, 0.29) is 0 Å². The second-order valence-electron chi connectivity index (χ2n) is 5.57. The number of rotatable bonds is 2. The monoisotopic (exact) mass is 319 g/mol. The predicted molar refractivity (Wildman–Crippen MR) is 100 cm³/mol. The van der Waals surface area contributed by atoms with Gasteiger partial charge in [0.15, 0.2) is 0 Å². The van der Waals surface area contributed by atoms with Gasteiger partial charge in [-0.25, -0.2) is 0 Å². The van der Waals surface area contributed by atoms with Crippen LogP contribution >= 0.6 is 11.8 Å². The van der Waals surface area contributed by atoms with Crippen molar-refractivity contribution in [2.45, 2.75) is 0 Å². The molecule has 3 aliphatic rings. The van der Waals surface area contributed by atoms with E-state index in [1.54, 1.807) is 11.8 Å². The van der Waals surface area contributed by atoms with Gasteiger partial charge in [0.1, 0.15) is 5.84 Å². The summed E-state index contributed by atoms with van der Waals surface area (Å²) in [6.07, 6.45) is 16.6. The molecule has 1 aromatic rings. The van der Waals surface area contributed by atoms with Crippen molar-refractivity contribution in [3.8, 4) is 0 Å². The summed E-state index contributed by atoms with van der Waals surface area (Å²) in [6, 6.07) is 0. The van der Waals surface area contributed by atoms with Crippen LogP contribution in [0.15, 0.2) is 57.6 Å². The smallest absolute Gasteiger partial charge is 0.137 e. The molecule has 0 fully saturated rings. The van der Waals surface area contributed by atoms with Gasteiger partial charge in [-0.05, 0) is 23.1 Å². The minimum absolute atomic E-state index is 0.888. The molecule has 114 valence electrons. The first-order valence-electron chi connectivity index (χ1n) is 7.65. The van der Waals surface area contributed by atoms with Crippen LogP contribution in [0.25, 0.3) is 17.7 Å². The molecule has 2 aliphatic heterocycles. The summed E-state index contributed by atoms with van der Waals surface area (Å²) in [5.41, 5.74) is 7.87. The van der Waals surface area contributed by atoms with Gasteiger partial charge in [0.05, 0.1) is 17.1 Å². The number of aliphatic imine (C=N–C) groups is 1. The van der Waals surface area contributed by atoms with Crippen LogP contribution in [0.1, 0.15) is 16.8 Å². The Balaban J connectivity index is 1.65. The molecule has 3 nitrogen and oxygen atoms in total. The Morgan fingerprint density at radius 3 is 3.13 bits per heavy atom. The Labute approximate surface area is 140 Å². The molecule has 1 aliphatic carbocycles. The number of likely N-dealkylation sites (N-methyl/N-ethyl adjacent to an activating group) is 1. The summed E-state index contributed by atoms with van der Waals surface area (Å²) in [5, 5.41) is 2.21. The van der Waals surface area contributed by atoms with E-state index in [1.807, 2.05) is 18.2 Å². The Kier molecular flexibility index (Phi) is 3.70. The summed E-state index contributed by atoms with van der Waals surface area (Å²) >= 11 is 1.74.